The van der Waals surface area contributed by atoms with Gasteiger partial charge in [0.05, 0.1) is 5.71 Å². The third-order valence-corrected chi connectivity index (χ3v) is 3.06. The van der Waals surface area contributed by atoms with E-state index in [9.17, 15) is 9.18 Å². The molecule has 1 aromatic carbocycles. The van der Waals surface area contributed by atoms with E-state index in [2.05, 4.69) is 10.5 Å². The molecule has 1 N–H and O–H groups in total. The molecule has 0 bridgehead atoms. The molecule has 1 aliphatic rings. The maximum Gasteiger partial charge on any atom is 0.267 e. The van der Waals surface area contributed by atoms with Crippen LogP contribution in [-0.4, -0.2) is 23.8 Å². The van der Waals surface area contributed by atoms with Crippen LogP contribution in [0, 0.1) is 5.82 Å². The fourth-order valence-corrected chi connectivity index (χ4v) is 1.88. The molecule has 0 aromatic heterocycles. The van der Waals surface area contributed by atoms with Crippen molar-refractivity contribution < 1.29 is 14.0 Å². The third-order valence-electron chi connectivity index (χ3n) is 3.06. The largest absolute Gasteiger partial charge is 0.379 e. The van der Waals surface area contributed by atoms with E-state index in [1.54, 1.807) is 19.1 Å². The number of nitrogens with zero attached hydrogens (tertiary/aromatic N) is 1. The second-order valence-electron chi connectivity index (χ2n) is 4.80. The van der Waals surface area contributed by atoms with Gasteiger partial charge >= 0.3 is 0 Å². The van der Waals surface area contributed by atoms with Crippen molar-refractivity contribution in [3.63, 3.8) is 0 Å². The lowest BCUT2D eigenvalue weighted by Crippen LogP contribution is -2.44. The molecule has 0 saturated heterocycles. The van der Waals surface area contributed by atoms with E-state index >= 15 is 0 Å². The molecule has 1 aromatic rings. The Morgan fingerprint density at radius 2 is 2.16 bits per heavy atom. The summed E-state index contributed by atoms with van der Waals surface area (Å²) in [6, 6.07) is 6.00. The van der Waals surface area contributed by atoms with Crippen LogP contribution in [0.5, 0.6) is 0 Å². The molecular formula is C14H17FN2O2. The Kier molecular flexibility index (Phi) is 3.83. The fraction of sp³-hybridized carbons (Fsp3) is 0.429. The number of oxime groups is 1. The van der Waals surface area contributed by atoms with Crippen molar-refractivity contribution in [2.75, 3.05) is 6.54 Å². The Morgan fingerprint density at radius 1 is 1.47 bits per heavy atom. The van der Waals surface area contributed by atoms with Crippen LogP contribution in [0.3, 0.4) is 0 Å². The number of hydrogen-bond acceptors (Lipinski definition) is 3. The summed E-state index contributed by atoms with van der Waals surface area (Å²) >= 11 is 0. The van der Waals surface area contributed by atoms with Gasteiger partial charge in [-0.15, -0.1) is 0 Å². The number of hydrogen-bond donors (Lipinski definition) is 1. The molecule has 5 heteroatoms. The lowest BCUT2D eigenvalue weighted by Gasteiger charge is -2.20. The Labute approximate surface area is 111 Å². The van der Waals surface area contributed by atoms with Crippen molar-refractivity contribution >= 4 is 11.6 Å². The van der Waals surface area contributed by atoms with E-state index in [0.29, 0.717) is 18.7 Å². The van der Waals surface area contributed by atoms with Crippen LogP contribution in [0.15, 0.2) is 29.4 Å². The van der Waals surface area contributed by atoms with Crippen LogP contribution in [-0.2, 0) is 9.63 Å². The molecule has 0 saturated carbocycles. The van der Waals surface area contributed by atoms with E-state index < -0.39 is 5.60 Å². The van der Waals surface area contributed by atoms with Gasteiger partial charge in [0.1, 0.15) is 5.82 Å². The van der Waals surface area contributed by atoms with E-state index in [-0.39, 0.29) is 11.7 Å². The summed E-state index contributed by atoms with van der Waals surface area (Å²) in [6.07, 6.45) is 1.25. The van der Waals surface area contributed by atoms with Crippen molar-refractivity contribution in [2.24, 2.45) is 5.16 Å². The maximum atomic E-state index is 12.9. The minimum Gasteiger partial charge on any atom is -0.379 e. The molecule has 4 nitrogen and oxygen atoms in total. The van der Waals surface area contributed by atoms with E-state index in [4.69, 9.17) is 4.84 Å². The summed E-state index contributed by atoms with van der Waals surface area (Å²) in [7, 11) is 0. The van der Waals surface area contributed by atoms with Crippen LogP contribution in [0.4, 0.5) is 4.39 Å². The normalized spacial score (nSPS) is 21.7. The van der Waals surface area contributed by atoms with Gasteiger partial charge < -0.3 is 10.2 Å². The molecule has 1 unspecified atom stereocenters. The number of carbonyl (C=O) groups excluding carboxylic acids is 1. The zero-order valence-corrected chi connectivity index (χ0v) is 11.1. The molecule has 0 fully saturated rings. The van der Waals surface area contributed by atoms with E-state index in [0.717, 1.165) is 12.0 Å². The van der Waals surface area contributed by atoms with Crippen molar-refractivity contribution in [2.45, 2.75) is 32.3 Å². The molecule has 1 amide bonds. The highest BCUT2D eigenvalue weighted by Crippen LogP contribution is 2.26. The standard InChI is InChI=1S/C14H17FN2O2/c1-3-8-16-13(18)14(2)9-12(17-19-14)10-4-6-11(15)7-5-10/h4-7H,3,8-9H2,1-2H3,(H,16,18). The van der Waals surface area contributed by atoms with Gasteiger partial charge in [-0.2, -0.15) is 0 Å². The third kappa shape index (κ3) is 2.92. The Morgan fingerprint density at radius 3 is 2.79 bits per heavy atom. The van der Waals surface area contributed by atoms with Gasteiger partial charge in [-0.3, -0.25) is 4.79 Å². The number of carbonyl (C=O) groups is 1. The first kappa shape index (κ1) is 13.5. The fourth-order valence-electron chi connectivity index (χ4n) is 1.88. The molecule has 0 radical (unpaired) electrons. The monoisotopic (exact) mass is 264 g/mol. The first-order valence-electron chi connectivity index (χ1n) is 6.34. The second kappa shape index (κ2) is 5.38. The molecule has 1 atom stereocenters. The summed E-state index contributed by atoms with van der Waals surface area (Å²) in [5, 5.41) is 6.75. The van der Waals surface area contributed by atoms with Crippen molar-refractivity contribution in [1.82, 2.24) is 5.32 Å². The average molecular weight is 264 g/mol. The SMILES string of the molecule is CCCNC(=O)C1(C)CC(c2ccc(F)cc2)=NO1. The predicted octanol–water partition coefficient (Wildman–Crippen LogP) is 2.24. The summed E-state index contributed by atoms with van der Waals surface area (Å²) in [4.78, 5) is 17.3. The second-order valence-corrected chi connectivity index (χ2v) is 4.80. The van der Waals surface area contributed by atoms with Crippen LogP contribution in [0.1, 0.15) is 32.3 Å². The smallest absolute Gasteiger partial charge is 0.267 e. The first-order valence-corrected chi connectivity index (χ1v) is 6.34. The maximum absolute atomic E-state index is 12.9. The van der Waals surface area contributed by atoms with Crippen LogP contribution in [0.25, 0.3) is 0 Å². The van der Waals surface area contributed by atoms with E-state index in [1.807, 2.05) is 6.92 Å². The topological polar surface area (TPSA) is 50.7 Å². The zero-order chi connectivity index (χ0) is 13.9. The van der Waals surface area contributed by atoms with Gasteiger partial charge in [0, 0.05) is 13.0 Å². The van der Waals surface area contributed by atoms with Gasteiger partial charge in [0.15, 0.2) is 0 Å². The highest BCUT2D eigenvalue weighted by molar-refractivity contribution is 6.05. The van der Waals surface area contributed by atoms with Gasteiger partial charge in [-0.05, 0) is 31.0 Å². The zero-order valence-electron chi connectivity index (χ0n) is 11.1. The molecule has 19 heavy (non-hydrogen) atoms. The van der Waals surface area contributed by atoms with Gasteiger partial charge in [-0.1, -0.05) is 24.2 Å². The number of amides is 1. The lowest BCUT2D eigenvalue weighted by atomic mass is 9.95. The number of benzene rings is 1. The van der Waals surface area contributed by atoms with Crippen LogP contribution in [0.2, 0.25) is 0 Å². The highest BCUT2D eigenvalue weighted by Gasteiger charge is 2.41. The Bertz CT molecular complexity index is 499. The molecular weight excluding hydrogens is 247 g/mol. The highest BCUT2D eigenvalue weighted by atomic mass is 19.1. The summed E-state index contributed by atoms with van der Waals surface area (Å²) in [5.74, 6) is -0.470. The summed E-state index contributed by atoms with van der Waals surface area (Å²) in [5.41, 5.74) is 0.460. The first-order chi connectivity index (χ1) is 9.05. The molecule has 1 heterocycles. The molecule has 2 rings (SSSR count). The van der Waals surface area contributed by atoms with E-state index in [1.165, 1.54) is 12.1 Å². The molecule has 1 aliphatic heterocycles. The van der Waals surface area contributed by atoms with Crippen LogP contribution >= 0.6 is 0 Å². The van der Waals surface area contributed by atoms with Crippen molar-refractivity contribution in [1.29, 1.82) is 0 Å². The van der Waals surface area contributed by atoms with Gasteiger partial charge in [0.25, 0.3) is 5.91 Å². The summed E-state index contributed by atoms with van der Waals surface area (Å²) < 4.78 is 12.9. The Hall–Kier alpha value is -1.91. The van der Waals surface area contributed by atoms with Crippen molar-refractivity contribution in [3.05, 3.63) is 35.6 Å². The predicted molar refractivity (Wildman–Crippen MR) is 70.3 cm³/mol. The Balaban J connectivity index is 2.05. The van der Waals surface area contributed by atoms with Crippen molar-refractivity contribution in [3.8, 4) is 0 Å². The minimum absolute atomic E-state index is 0.171. The van der Waals surface area contributed by atoms with Gasteiger partial charge in [0.2, 0.25) is 5.60 Å². The number of halogens is 1. The molecule has 102 valence electrons. The number of nitrogens with one attached hydrogen (secondary N) is 1. The average Bonchev–Trinajstić information content (AvgIpc) is 2.81. The quantitative estimate of drug-likeness (QED) is 0.906. The van der Waals surface area contributed by atoms with Crippen LogP contribution < -0.4 is 5.32 Å². The summed E-state index contributed by atoms with van der Waals surface area (Å²) in [6.45, 7) is 4.31. The van der Waals surface area contributed by atoms with Gasteiger partial charge in [-0.25, -0.2) is 4.39 Å². The molecule has 0 aliphatic carbocycles. The lowest BCUT2D eigenvalue weighted by molar-refractivity contribution is -0.141. The molecule has 0 spiro atoms. The minimum atomic E-state index is -0.973. The number of rotatable bonds is 4.